The monoisotopic (exact) mass is 942 g/mol. The lowest BCUT2D eigenvalue weighted by Crippen LogP contribution is -2.16. The van der Waals surface area contributed by atoms with Crippen molar-refractivity contribution in [2.75, 3.05) is 19.6 Å². The maximum absolute atomic E-state index is 14.9. The van der Waals surface area contributed by atoms with Gasteiger partial charge in [0.2, 0.25) is 0 Å². The van der Waals surface area contributed by atoms with Crippen LogP contribution in [0.4, 0.5) is 85.8 Å². The average molecular weight is 943 g/mol. The zero-order chi connectivity index (χ0) is 48.7. The van der Waals surface area contributed by atoms with Crippen molar-refractivity contribution in [2.45, 2.75) is 0 Å². The van der Waals surface area contributed by atoms with Gasteiger partial charge in [0.15, 0.2) is 0 Å². The summed E-state index contributed by atoms with van der Waals surface area (Å²) in [6, 6.07) is 79.0. The molecule has 0 amide bonds. The lowest BCUT2D eigenvalue weighted by molar-refractivity contribution is 0.627. The number of para-hydroxylation sites is 4. The third kappa shape index (κ3) is 7.95. The molecule has 0 aromatic heterocycles. The summed E-state index contributed by atoms with van der Waals surface area (Å²) in [6.45, 7) is 0. The maximum atomic E-state index is 14.9. The van der Waals surface area contributed by atoms with Crippen LogP contribution in [0.2, 0.25) is 0 Å². The van der Waals surface area contributed by atoms with Crippen LogP contribution in [0.1, 0.15) is 0 Å². The molecule has 0 atom stereocenters. The minimum atomic E-state index is -0.359. The largest absolute Gasteiger partial charge is 0.310 e. The molecule has 12 aromatic carbocycles. The van der Waals surface area contributed by atoms with E-state index in [0.29, 0.717) is 0 Å². The second-order valence-electron chi connectivity index (χ2n) is 17.5. The molecular weight excluding hydrogens is 901 g/mol. The lowest BCUT2D eigenvalue weighted by Gasteiger charge is -2.34. The number of nitrogens with zero attached hydrogens (tertiary/aromatic N) is 4. The fourth-order valence-electron chi connectivity index (χ4n) is 10.0. The SMILES string of the molecule is Fc1ccc(N(c2ccccc2)c2cc(N(c3ccccc3)c3ccc(F)cc3)c3ccc4c(N(c5ccccc5)c5ccc(F)cc5)cc(N(c5ccccc5)c5ccc(F)cc5)c5ccc2c3c54)cc1. The molecule has 346 valence electrons. The van der Waals surface area contributed by atoms with Gasteiger partial charge in [-0.2, -0.15) is 0 Å². The van der Waals surface area contributed by atoms with Gasteiger partial charge < -0.3 is 19.6 Å². The van der Waals surface area contributed by atoms with Crippen LogP contribution in [0.25, 0.3) is 32.3 Å². The summed E-state index contributed by atoms with van der Waals surface area (Å²) >= 11 is 0. The number of anilines is 12. The normalized spacial score (nSPS) is 11.3. The standard InChI is InChI=1S/C64H42F4N4/c65-43-21-29-51(30-22-43)69(47-13-5-1-6-14-47)59-41-60(70(48-15-7-2-8-16-48)52-31-23-44(66)24-32-52)56-39-40-58-62(72(50-19-11-4-12-20-50)54-35-27-46(68)28-36-54)42-61(57-38-37-55(59)63(56)64(57)58)71(49-17-9-3-10-18-49)53-33-25-45(67)26-34-53/h1-42H. The van der Waals surface area contributed by atoms with Gasteiger partial charge in [0.1, 0.15) is 23.3 Å². The van der Waals surface area contributed by atoms with Crippen LogP contribution in [-0.4, -0.2) is 0 Å². The Morgan fingerprint density at radius 3 is 0.569 bits per heavy atom. The van der Waals surface area contributed by atoms with E-state index in [1.807, 2.05) is 121 Å². The summed E-state index contributed by atoms with van der Waals surface area (Å²) < 4.78 is 59.6. The minimum Gasteiger partial charge on any atom is -0.310 e. The highest BCUT2D eigenvalue weighted by Gasteiger charge is 2.29. The highest BCUT2D eigenvalue weighted by atomic mass is 19.1. The summed E-state index contributed by atoms with van der Waals surface area (Å²) in [5.41, 5.74) is 9.52. The fourth-order valence-corrected chi connectivity index (χ4v) is 10.0. The third-order valence-electron chi connectivity index (χ3n) is 13.2. The van der Waals surface area contributed by atoms with Crippen molar-refractivity contribution in [1.29, 1.82) is 0 Å². The molecule has 72 heavy (non-hydrogen) atoms. The first-order valence-corrected chi connectivity index (χ1v) is 23.6. The molecule has 0 radical (unpaired) electrons. The zero-order valence-corrected chi connectivity index (χ0v) is 38.5. The number of rotatable bonds is 12. The van der Waals surface area contributed by atoms with Crippen LogP contribution < -0.4 is 19.6 Å². The molecule has 0 heterocycles. The van der Waals surface area contributed by atoms with E-state index in [0.717, 1.165) is 101 Å². The molecule has 12 aromatic rings. The summed E-state index contributed by atoms with van der Waals surface area (Å²) in [6.07, 6.45) is 0. The van der Waals surface area contributed by atoms with Gasteiger partial charge in [-0.25, -0.2) is 17.6 Å². The lowest BCUT2D eigenvalue weighted by atomic mass is 9.89. The molecule has 0 saturated heterocycles. The van der Waals surface area contributed by atoms with Gasteiger partial charge in [-0.1, -0.05) is 97.1 Å². The second kappa shape index (κ2) is 18.5. The molecule has 0 fully saturated rings. The van der Waals surface area contributed by atoms with E-state index < -0.39 is 0 Å². The molecule has 0 unspecified atom stereocenters. The van der Waals surface area contributed by atoms with E-state index in [9.17, 15) is 17.6 Å². The van der Waals surface area contributed by atoms with Gasteiger partial charge >= 0.3 is 0 Å². The van der Waals surface area contributed by atoms with Crippen molar-refractivity contribution in [3.8, 4) is 0 Å². The predicted molar refractivity (Wildman–Crippen MR) is 289 cm³/mol. The maximum Gasteiger partial charge on any atom is 0.123 e. The van der Waals surface area contributed by atoms with Gasteiger partial charge in [-0.15, -0.1) is 0 Å². The van der Waals surface area contributed by atoms with E-state index in [2.05, 4.69) is 56.0 Å². The first kappa shape index (κ1) is 43.9. The average Bonchev–Trinajstić information content (AvgIpc) is 3.42. The molecule has 0 N–H and O–H groups in total. The quantitative estimate of drug-likeness (QED) is 0.0894. The molecule has 0 saturated carbocycles. The molecule has 0 aliphatic heterocycles. The number of halogens is 4. The van der Waals surface area contributed by atoms with Crippen LogP contribution in [0, 0.1) is 23.3 Å². The van der Waals surface area contributed by atoms with Gasteiger partial charge in [0.05, 0.1) is 22.7 Å². The molecule has 4 nitrogen and oxygen atoms in total. The predicted octanol–water partition coefficient (Wildman–Crippen LogP) is 19.0. The van der Waals surface area contributed by atoms with Crippen molar-refractivity contribution in [3.63, 3.8) is 0 Å². The highest BCUT2D eigenvalue weighted by Crippen LogP contribution is 2.55. The Balaban J connectivity index is 1.28. The van der Waals surface area contributed by atoms with Gasteiger partial charge in [-0.3, -0.25) is 0 Å². The second-order valence-corrected chi connectivity index (χ2v) is 17.5. The molecular formula is C64H42F4N4. The van der Waals surface area contributed by atoms with E-state index in [4.69, 9.17) is 0 Å². The van der Waals surface area contributed by atoms with E-state index >= 15 is 0 Å². The smallest absolute Gasteiger partial charge is 0.123 e. The summed E-state index contributed by atoms with van der Waals surface area (Å²) in [7, 11) is 0. The fraction of sp³-hybridized carbons (Fsp3) is 0. The summed E-state index contributed by atoms with van der Waals surface area (Å²) in [5.74, 6) is -1.43. The van der Waals surface area contributed by atoms with Crippen molar-refractivity contribution >= 4 is 101 Å². The highest BCUT2D eigenvalue weighted by molar-refractivity contribution is 6.33. The Hall–Kier alpha value is -9.40. The van der Waals surface area contributed by atoms with Crippen molar-refractivity contribution < 1.29 is 17.6 Å². The first-order valence-electron chi connectivity index (χ1n) is 23.6. The Kier molecular flexibility index (Phi) is 11.3. The summed E-state index contributed by atoms with van der Waals surface area (Å²) in [5, 5.41) is 5.44. The van der Waals surface area contributed by atoms with Crippen LogP contribution in [-0.2, 0) is 0 Å². The zero-order valence-electron chi connectivity index (χ0n) is 38.5. The summed E-state index contributed by atoms with van der Waals surface area (Å²) in [4.78, 5) is 8.59. The number of hydrogen-bond donors (Lipinski definition) is 0. The molecule has 0 aliphatic carbocycles. The molecule has 12 rings (SSSR count). The number of benzene rings is 12. The third-order valence-corrected chi connectivity index (χ3v) is 13.2. The van der Waals surface area contributed by atoms with Crippen LogP contribution in [0.3, 0.4) is 0 Å². The Labute approximate surface area is 414 Å². The Morgan fingerprint density at radius 2 is 0.375 bits per heavy atom. The molecule has 8 heteroatoms. The van der Waals surface area contributed by atoms with Crippen molar-refractivity contribution in [1.82, 2.24) is 0 Å². The van der Waals surface area contributed by atoms with Crippen LogP contribution >= 0.6 is 0 Å². The van der Waals surface area contributed by atoms with Gasteiger partial charge in [0, 0.05) is 77.8 Å². The topological polar surface area (TPSA) is 13.0 Å². The van der Waals surface area contributed by atoms with Crippen LogP contribution in [0.5, 0.6) is 0 Å². The van der Waals surface area contributed by atoms with E-state index in [-0.39, 0.29) is 23.3 Å². The molecule has 0 spiro atoms. The number of hydrogen-bond acceptors (Lipinski definition) is 4. The van der Waals surface area contributed by atoms with Gasteiger partial charge in [0.25, 0.3) is 0 Å². The molecule has 0 aliphatic rings. The Morgan fingerprint density at radius 1 is 0.194 bits per heavy atom. The first-order chi connectivity index (χ1) is 35.4. The molecule has 0 bridgehead atoms. The Bertz CT molecular complexity index is 3320. The van der Waals surface area contributed by atoms with Crippen molar-refractivity contribution in [2.24, 2.45) is 0 Å². The van der Waals surface area contributed by atoms with Crippen LogP contribution in [0.15, 0.2) is 255 Å². The van der Waals surface area contributed by atoms with E-state index in [1.54, 1.807) is 48.5 Å². The van der Waals surface area contributed by atoms with Gasteiger partial charge in [-0.05, 0) is 158 Å². The minimum absolute atomic E-state index is 0.359. The van der Waals surface area contributed by atoms with E-state index in [1.165, 1.54) is 48.5 Å². The van der Waals surface area contributed by atoms with Crippen molar-refractivity contribution in [3.05, 3.63) is 278 Å².